The molecule has 5 heteroatoms. The maximum Gasteiger partial charge on any atom is 0.315 e. The fraction of sp³-hybridized carbons (Fsp3) is 0.444. The molecule has 0 radical (unpaired) electrons. The van der Waals surface area contributed by atoms with Gasteiger partial charge in [-0.15, -0.1) is 0 Å². The van der Waals surface area contributed by atoms with Crippen LogP contribution in [0.4, 0.5) is 8.78 Å². The second-order valence-electron chi connectivity index (χ2n) is 2.97. The molecular weight excluding hydrogens is 205 g/mol. The molecule has 0 fully saturated rings. The molecule has 1 heterocycles. The zero-order valence-electron chi connectivity index (χ0n) is 8.38. The number of hydrogen-bond acceptors (Lipinski definition) is 1. The molecule has 0 aliphatic heterocycles. The summed E-state index contributed by atoms with van der Waals surface area (Å²) in [5, 5.41) is 1.30. The molecule has 0 saturated carbocycles. The van der Waals surface area contributed by atoms with Gasteiger partial charge in [-0.05, 0) is 13.8 Å². The van der Waals surface area contributed by atoms with E-state index < -0.39 is 5.66 Å². The Morgan fingerprint density at radius 1 is 1.36 bits per heavy atom. The summed E-state index contributed by atoms with van der Waals surface area (Å²) >= 11 is 0. The van der Waals surface area contributed by atoms with Crippen LogP contribution in [0, 0.1) is 0 Å². The van der Waals surface area contributed by atoms with Gasteiger partial charge in [0.05, 0.1) is 10.7 Å². The first kappa shape index (κ1) is 11.3. The molecular formula is C9H13F2N2P. The van der Waals surface area contributed by atoms with Crippen molar-refractivity contribution in [1.29, 1.82) is 0 Å². The molecule has 14 heavy (non-hydrogen) atoms. The van der Waals surface area contributed by atoms with E-state index in [0.29, 0.717) is 10.7 Å². The monoisotopic (exact) mass is 218 g/mol. The molecule has 0 saturated heterocycles. The summed E-state index contributed by atoms with van der Waals surface area (Å²) in [4.78, 5) is 3.88. The maximum atomic E-state index is 13.0. The molecule has 0 bridgehead atoms. The lowest BCUT2D eigenvalue weighted by Gasteiger charge is -2.08. The van der Waals surface area contributed by atoms with Crippen molar-refractivity contribution in [2.45, 2.75) is 19.5 Å². The predicted molar refractivity (Wildman–Crippen MR) is 56.3 cm³/mol. The van der Waals surface area contributed by atoms with Crippen molar-refractivity contribution in [2.24, 2.45) is 7.05 Å². The first-order valence-electron chi connectivity index (χ1n) is 4.24. The van der Waals surface area contributed by atoms with Crippen molar-refractivity contribution in [1.82, 2.24) is 9.55 Å². The minimum absolute atomic E-state index is 0.233. The fourth-order valence-corrected chi connectivity index (χ4v) is 1.64. The summed E-state index contributed by atoms with van der Waals surface area (Å²) in [5.41, 5.74) is -2.98. The van der Waals surface area contributed by atoms with E-state index >= 15 is 0 Å². The van der Waals surface area contributed by atoms with Gasteiger partial charge in [-0.3, -0.25) is 0 Å². The molecule has 1 rings (SSSR count). The van der Waals surface area contributed by atoms with Crippen molar-refractivity contribution in [3.63, 3.8) is 0 Å². The number of aromatic nitrogens is 2. The van der Waals surface area contributed by atoms with Crippen LogP contribution in [0.5, 0.6) is 0 Å². The van der Waals surface area contributed by atoms with Crippen molar-refractivity contribution in [3.05, 3.63) is 16.5 Å². The normalized spacial score (nSPS) is 15.3. The Bertz CT molecular complexity index is 443. The molecule has 0 spiro atoms. The number of alkyl halides is 2. The van der Waals surface area contributed by atoms with Crippen LogP contribution in [0.25, 0.3) is 12.2 Å². The second kappa shape index (κ2) is 3.77. The van der Waals surface area contributed by atoms with Crippen molar-refractivity contribution < 1.29 is 8.78 Å². The van der Waals surface area contributed by atoms with E-state index in [-0.39, 0.29) is 5.82 Å². The summed E-state index contributed by atoms with van der Waals surface area (Å²) in [6, 6.07) is 0. The van der Waals surface area contributed by atoms with Crippen LogP contribution >= 0.6 is 9.24 Å². The average Bonchev–Trinajstić information content (AvgIpc) is 2.40. The number of hydrogen-bond donors (Lipinski definition) is 0. The van der Waals surface area contributed by atoms with E-state index in [1.165, 1.54) is 13.8 Å². The number of rotatable bonds is 1. The molecule has 0 N–H and O–H groups in total. The van der Waals surface area contributed by atoms with Crippen LogP contribution in [0.1, 0.15) is 19.7 Å². The third-order valence-electron chi connectivity index (χ3n) is 2.01. The first-order valence-corrected chi connectivity index (χ1v) is 4.82. The van der Waals surface area contributed by atoms with Crippen LogP contribution in [0.15, 0.2) is 0 Å². The van der Waals surface area contributed by atoms with Gasteiger partial charge in [0.2, 0.25) is 0 Å². The topological polar surface area (TPSA) is 17.8 Å². The van der Waals surface area contributed by atoms with Gasteiger partial charge in [0.1, 0.15) is 0 Å². The molecule has 78 valence electrons. The van der Waals surface area contributed by atoms with Gasteiger partial charge in [0.25, 0.3) is 0 Å². The highest BCUT2D eigenvalue weighted by Crippen LogP contribution is 2.31. The Morgan fingerprint density at radius 2 is 1.93 bits per heavy atom. The summed E-state index contributed by atoms with van der Waals surface area (Å²) in [6.45, 7) is 3.58. The van der Waals surface area contributed by atoms with Gasteiger partial charge < -0.3 is 4.57 Å². The molecule has 1 unspecified atom stereocenters. The molecule has 2 nitrogen and oxygen atoms in total. The second-order valence-corrected chi connectivity index (χ2v) is 3.69. The van der Waals surface area contributed by atoms with Crippen molar-refractivity contribution in [2.75, 3.05) is 0 Å². The zero-order chi connectivity index (χ0) is 10.9. The molecule has 1 aromatic heterocycles. The Balaban J connectivity index is 3.62. The zero-order valence-corrected chi connectivity index (χ0v) is 9.54. The minimum Gasteiger partial charge on any atom is -0.326 e. The van der Waals surface area contributed by atoms with Gasteiger partial charge in [-0.25, -0.2) is 4.98 Å². The lowest BCUT2D eigenvalue weighted by Crippen LogP contribution is -2.28. The van der Waals surface area contributed by atoms with Gasteiger partial charge in [0, 0.05) is 7.05 Å². The van der Waals surface area contributed by atoms with Gasteiger partial charge in [-0.2, -0.15) is 8.78 Å². The highest BCUT2D eigenvalue weighted by Gasteiger charge is 2.30. The van der Waals surface area contributed by atoms with Crippen molar-refractivity contribution >= 4 is 21.4 Å². The average molecular weight is 218 g/mol. The molecule has 0 aromatic carbocycles. The summed E-state index contributed by atoms with van der Waals surface area (Å²) in [7, 11) is 3.08. The maximum absolute atomic E-state index is 13.0. The smallest absolute Gasteiger partial charge is 0.315 e. The summed E-state index contributed by atoms with van der Waals surface area (Å²) in [5.74, 6) is -0.233. The van der Waals surface area contributed by atoms with Crippen LogP contribution in [0.3, 0.4) is 0 Å². The standard InChI is InChI=1S/C9H13F2N2P/c1-4-6-7(5-2)13(3)8(12-6)9(10,11)14/h4-5H,14H2,1-3H3/b6-4+,7-5+. The van der Waals surface area contributed by atoms with Crippen LogP contribution < -0.4 is 10.7 Å². The molecule has 0 amide bonds. The van der Waals surface area contributed by atoms with Gasteiger partial charge in [0.15, 0.2) is 5.82 Å². The Hall–Kier alpha value is -0.760. The molecule has 0 aliphatic carbocycles. The van der Waals surface area contributed by atoms with E-state index in [2.05, 4.69) is 4.98 Å². The van der Waals surface area contributed by atoms with Crippen LogP contribution in [0.2, 0.25) is 0 Å². The van der Waals surface area contributed by atoms with E-state index in [1.807, 2.05) is 0 Å². The summed E-state index contributed by atoms with van der Waals surface area (Å²) < 4.78 is 27.5. The van der Waals surface area contributed by atoms with E-state index in [4.69, 9.17) is 0 Å². The van der Waals surface area contributed by atoms with E-state index in [1.54, 1.807) is 33.0 Å². The SMILES string of the molecule is C/C=c1/nc(C(F)(F)P)n(C)/c1=C/C. The molecule has 1 aromatic rings. The fourth-order valence-electron chi connectivity index (χ4n) is 1.38. The van der Waals surface area contributed by atoms with E-state index in [9.17, 15) is 8.78 Å². The number of imidazole rings is 1. The predicted octanol–water partition coefficient (Wildman–Crippen LogP) is 0.945. The molecule has 1 atom stereocenters. The number of halogens is 2. The minimum atomic E-state index is -2.98. The quantitative estimate of drug-likeness (QED) is 0.641. The molecule has 0 aliphatic rings. The van der Waals surface area contributed by atoms with Gasteiger partial charge in [-0.1, -0.05) is 21.4 Å². The third kappa shape index (κ3) is 1.85. The Kier molecular flexibility index (Phi) is 3.05. The largest absolute Gasteiger partial charge is 0.326 e. The number of nitrogens with zero attached hydrogens (tertiary/aromatic N) is 2. The third-order valence-corrected chi connectivity index (χ3v) is 2.27. The summed E-state index contributed by atoms with van der Waals surface area (Å²) in [6.07, 6.45) is 3.48. The lowest BCUT2D eigenvalue weighted by atomic mass is 10.4. The van der Waals surface area contributed by atoms with Crippen LogP contribution in [-0.4, -0.2) is 9.55 Å². The Labute approximate surface area is 83.5 Å². The highest BCUT2D eigenvalue weighted by molar-refractivity contribution is 7.17. The van der Waals surface area contributed by atoms with Gasteiger partial charge >= 0.3 is 5.66 Å². The Morgan fingerprint density at radius 3 is 2.21 bits per heavy atom. The lowest BCUT2D eigenvalue weighted by molar-refractivity contribution is 0.0895. The highest BCUT2D eigenvalue weighted by atomic mass is 31.0. The van der Waals surface area contributed by atoms with Crippen LogP contribution in [-0.2, 0) is 12.7 Å². The first-order chi connectivity index (χ1) is 6.41. The van der Waals surface area contributed by atoms with E-state index in [0.717, 1.165) is 0 Å². The van der Waals surface area contributed by atoms with Crippen molar-refractivity contribution in [3.8, 4) is 0 Å².